The van der Waals surface area contributed by atoms with Crippen LogP contribution in [0.5, 0.6) is 0 Å². The molecule has 2 fully saturated rings. The van der Waals surface area contributed by atoms with Crippen molar-refractivity contribution in [1.82, 2.24) is 5.32 Å². The van der Waals surface area contributed by atoms with E-state index in [0.717, 1.165) is 25.2 Å². The molecule has 90 valence electrons. The molecule has 3 heteroatoms. The number of nitrogens with one attached hydrogen (secondary N) is 1. The van der Waals surface area contributed by atoms with Crippen molar-refractivity contribution in [3.8, 4) is 0 Å². The van der Waals surface area contributed by atoms with Crippen LogP contribution < -0.4 is 5.32 Å². The predicted molar refractivity (Wildman–Crippen MR) is 62.1 cm³/mol. The molecular formula is C13H21NO2. The second-order valence-electron chi connectivity index (χ2n) is 5.14. The first kappa shape index (κ1) is 10.6. The Bertz CT molecular complexity index is 290. The normalized spacial score (nSPS) is 39.3. The van der Waals surface area contributed by atoms with Gasteiger partial charge in [-0.05, 0) is 45.2 Å². The maximum Gasteiger partial charge on any atom is 0.109 e. The highest BCUT2D eigenvalue weighted by Gasteiger charge is 2.45. The third-order valence-electron chi connectivity index (χ3n) is 4.16. The van der Waals surface area contributed by atoms with Gasteiger partial charge in [0.2, 0.25) is 0 Å². The Morgan fingerprint density at radius 1 is 1.44 bits per heavy atom. The largest absolute Gasteiger partial charge is 0.497 e. The minimum absolute atomic E-state index is 0.371. The maximum atomic E-state index is 5.94. The van der Waals surface area contributed by atoms with Gasteiger partial charge in [0.05, 0.1) is 24.9 Å². The van der Waals surface area contributed by atoms with Gasteiger partial charge in [-0.25, -0.2) is 0 Å². The Hall–Kier alpha value is -0.540. The Morgan fingerprint density at radius 3 is 2.94 bits per heavy atom. The SMILES string of the molecule is CNC(C1=CCCCO1)C1CC2CCC1O2. The molecule has 16 heavy (non-hydrogen) atoms. The Kier molecular flexibility index (Phi) is 2.90. The lowest BCUT2D eigenvalue weighted by atomic mass is 9.82. The van der Waals surface area contributed by atoms with Gasteiger partial charge >= 0.3 is 0 Å². The van der Waals surface area contributed by atoms with Crippen molar-refractivity contribution in [2.75, 3.05) is 13.7 Å². The van der Waals surface area contributed by atoms with Crippen molar-refractivity contribution in [3.63, 3.8) is 0 Å². The average Bonchev–Trinajstić information content (AvgIpc) is 2.94. The fraction of sp³-hybridized carbons (Fsp3) is 0.846. The molecule has 3 rings (SSSR count). The molecule has 2 bridgehead atoms. The number of likely N-dealkylation sites (N-methyl/N-ethyl adjacent to an activating group) is 1. The van der Waals surface area contributed by atoms with Gasteiger partial charge in [0.25, 0.3) is 0 Å². The van der Waals surface area contributed by atoms with Gasteiger partial charge in [-0.15, -0.1) is 0 Å². The summed E-state index contributed by atoms with van der Waals surface area (Å²) >= 11 is 0. The van der Waals surface area contributed by atoms with Gasteiger partial charge < -0.3 is 14.8 Å². The molecule has 3 nitrogen and oxygen atoms in total. The number of allylic oxidation sites excluding steroid dienone is 1. The highest BCUT2D eigenvalue weighted by atomic mass is 16.5. The van der Waals surface area contributed by atoms with Crippen LogP contribution in [0.15, 0.2) is 11.8 Å². The van der Waals surface area contributed by atoms with Crippen LogP contribution in [0.25, 0.3) is 0 Å². The van der Waals surface area contributed by atoms with Crippen LogP contribution in [0.2, 0.25) is 0 Å². The Balaban J connectivity index is 1.73. The molecular weight excluding hydrogens is 202 g/mol. The lowest BCUT2D eigenvalue weighted by Gasteiger charge is -2.31. The topological polar surface area (TPSA) is 30.5 Å². The fourth-order valence-corrected chi connectivity index (χ4v) is 3.39. The first-order valence-corrected chi connectivity index (χ1v) is 6.54. The quantitative estimate of drug-likeness (QED) is 0.792. The summed E-state index contributed by atoms with van der Waals surface area (Å²) in [5.74, 6) is 1.78. The molecule has 0 aromatic carbocycles. The summed E-state index contributed by atoms with van der Waals surface area (Å²) in [6, 6.07) is 0.371. The lowest BCUT2D eigenvalue weighted by molar-refractivity contribution is 0.0791. The number of hydrogen-bond acceptors (Lipinski definition) is 3. The molecule has 3 aliphatic rings. The Morgan fingerprint density at radius 2 is 2.38 bits per heavy atom. The van der Waals surface area contributed by atoms with Crippen LogP contribution in [-0.2, 0) is 9.47 Å². The van der Waals surface area contributed by atoms with Crippen LogP contribution in [0.3, 0.4) is 0 Å². The first-order chi connectivity index (χ1) is 7.88. The lowest BCUT2D eigenvalue weighted by Crippen LogP contribution is -2.41. The summed E-state index contributed by atoms with van der Waals surface area (Å²) in [4.78, 5) is 0. The fourth-order valence-electron chi connectivity index (χ4n) is 3.39. The number of ether oxygens (including phenoxy) is 2. The van der Waals surface area contributed by atoms with Gasteiger partial charge in [-0.3, -0.25) is 0 Å². The smallest absolute Gasteiger partial charge is 0.109 e. The van der Waals surface area contributed by atoms with E-state index in [0.29, 0.717) is 24.2 Å². The van der Waals surface area contributed by atoms with Gasteiger partial charge in [0, 0.05) is 5.92 Å². The maximum absolute atomic E-state index is 5.94. The molecule has 0 amide bonds. The molecule has 2 saturated heterocycles. The van der Waals surface area contributed by atoms with E-state index in [1.807, 2.05) is 7.05 Å². The summed E-state index contributed by atoms with van der Waals surface area (Å²) in [5.41, 5.74) is 0. The van der Waals surface area contributed by atoms with Crippen molar-refractivity contribution in [1.29, 1.82) is 0 Å². The molecule has 3 heterocycles. The first-order valence-electron chi connectivity index (χ1n) is 6.54. The average molecular weight is 223 g/mol. The third kappa shape index (κ3) is 1.76. The molecule has 0 saturated carbocycles. The van der Waals surface area contributed by atoms with Crippen molar-refractivity contribution < 1.29 is 9.47 Å². The van der Waals surface area contributed by atoms with Crippen molar-refractivity contribution in [2.24, 2.45) is 5.92 Å². The zero-order valence-corrected chi connectivity index (χ0v) is 9.95. The highest BCUT2D eigenvalue weighted by Crippen LogP contribution is 2.42. The summed E-state index contributed by atoms with van der Waals surface area (Å²) in [5, 5.41) is 3.43. The van der Waals surface area contributed by atoms with E-state index < -0.39 is 0 Å². The van der Waals surface area contributed by atoms with E-state index in [1.165, 1.54) is 19.3 Å². The standard InChI is InChI=1S/C13H21NO2/c1-14-13(12-4-2-3-7-15-12)10-8-9-5-6-11(10)16-9/h4,9-11,13-14H,2-3,5-8H2,1H3. The zero-order valence-electron chi connectivity index (χ0n) is 9.95. The number of hydrogen-bond donors (Lipinski definition) is 1. The van der Waals surface area contributed by atoms with Gasteiger partial charge in [0.1, 0.15) is 5.76 Å². The highest BCUT2D eigenvalue weighted by molar-refractivity contribution is 5.11. The van der Waals surface area contributed by atoms with Crippen molar-refractivity contribution >= 4 is 0 Å². The molecule has 0 aromatic rings. The molecule has 1 N–H and O–H groups in total. The second kappa shape index (κ2) is 4.38. The molecule has 0 aliphatic carbocycles. The van der Waals surface area contributed by atoms with E-state index in [2.05, 4.69) is 11.4 Å². The van der Waals surface area contributed by atoms with E-state index in [1.54, 1.807) is 0 Å². The minimum Gasteiger partial charge on any atom is -0.497 e. The van der Waals surface area contributed by atoms with E-state index >= 15 is 0 Å². The summed E-state index contributed by atoms with van der Waals surface area (Å²) in [7, 11) is 2.04. The second-order valence-corrected chi connectivity index (χ2v) is 5.14. The van der Waals surface area contributed by atoms with E-state index in [-0.39, 0.29) is 0 Å². The minimum atomic E-state index is 0.371. The van der Waals surface area contributed by atoms with E-state index in [4.69, 9.17) is 9.47 Å². The van der Waals surface area contributed by atoms with Gasteiger partial charge in [-0.1, -0.05) is 0 Å². The molecule has 4 atom stereocenters. The van der Waals surface area contributed by atoms with Crippen molar-refractivity contribution in [3.05, 3.63) is 11.8 Å². The van der Waals surface area contributed by atoms with Crippen LogP contribution >= 0.6 is 0 Å². The monoisotopic (exact) mass is 223 g/mol. The van der Waals surface area contributed by atoms with E-state index in [9.17, 15) is 0 Å². The zero-order chi connectivity index (χ0) is 11.0. The number of fused-ring (bicyclic) bond motifs is 2. The third-order valence-corrected chi connectivity index (χ3v) is 4.16. The molecule has 0 radical (unpaired) electrons. The molecule has 4 unspecified atom stereocenters. The van der Waals surface area contributed by atoms with Crippen molar-refractivity contribution in [2.45, 2.75) is 50.4 Å². The Labute approximate surface area is 97.2 Å². The summed E-state index contributed by atoms with van der Waals surface area (Å²) in [6.45, 7) is 0.881. The van der Waals surface area contributed by atoms with Crippen LogP contribution in [0.1, 0.15) is 32.1 Å². The van der Waals surface area contributed by atoms with Crippen LogP contribution in [0, 0.1) is 5.92 Å². The van der Waals surface area contributed by atoms with Crippen LogP contribution in [-0.4, -0.2) is 31.9 Å². The van der Waals surface area contributed by atoms with Crippen LogP contribution in [0.4, 0.5) is 0 Å². The van der Waals surface area contributed by atoms with Gasteiger partial charge in [0.15, 0.2) is 0 Å². The molecule has 3 aliphatic heterocycles. The molecule has 0 aromatic heterocycles. The predicted octanol–water partition coefficient (Wildman–Crippen LogP) is 1.84. The molecule has 0 spiro atoms. The summed E-state index contributed by atoms with van der Waals surface area (Å²) in [6.07, 6.45) is 9.28. The summed E-state index contributed by atoms with van der Waals surface area (Å²) < 4.78 is 11.7. The van der Waals surface area contributed by atoms with Gasteiger partial charge in [-0.2, -0.15) is 0 Å². The number of rotatable bonds is 3.